The summed E-state index contributed by atoms with van der Waals surface area (Å²) in [6, 6.07) is -4.08. The third kappa shape index (κ3) is 8.62. The van der Waals surface area contributed by atoms with Gasteiger partial charge in [-0.05, 0) is 13.8 Å². The molecule has 0 aromatic rings. The van der Waals surface area contributed by atoms with Crippen LogP contribution in [0.5, 0.6) is 0 Å². The van der Waals surface area contributed by atoms with Gasteiger partial charge in [0.25, 0.3) is 0 Å². The molecule has 8 N–H and O–H groups in total. The van der Waals surface area contributed by atoms with Crippen molar-refractivity contribution in [3.05, 3.63) is 0 Å². The molecule has 12 heteroatoms. The summed E-state index contributed by atoms with van der Waals surface area (Å²) in [5, 5.41) is 32.9. The molecule has 0 aliphatic carbocycles. The average molecular weight is 362 g/mol. The van der Waals surface area contributed by atoms with Gasteiger partial charge in [-0.1, -0.05) is 0 Å². The lowest BCUT2D eigenvalue weighted by Gasteiger charge is -2.19. The summed E-state index contributed by atoms with van der Waals surface area (Å²) in [5.74, 6) is -5.45. The average Bonchev–Trinajstić information content (AvgIpc) is 2.50. The Hall–Kier alpha value is -2.73. The van der Waals surface area contributed by atoms with Gasteiger partial charge in [-0.3, -0.25) is 24.0 Å². The van der Waals surface area contributed by atoms with Gasteiger partial charge in [-0.2, -0.15) is 0 Å². The summed E-state index contributed by atoms with van der Waals surface area (Å²) in [7, 11) is 0. The highest BCUT2D eigenvalue weighted by atomic mass is 16.4. The number of carbonyl (C=O) groups is 5. The number of hydrogen-bond acceptors (Lipinski definition) is 7. The van der Waals surface area contributed by atoms with Gasteiger partial charge >= 0.3 is 11.9 Å². The van der Waals surface area contributed by atoms with E-state index in [4.69, 9.17) is 21.1 Å². The molecule has 142 valence electrons. The highest BCUT2D eigenvalue weighted by Crippen LogP contribution is 1.95. The fraction of sp³-hybridized carbons (Fsp3) is 0.615. The molecule has 0 aliphatic heterocycles. The van der Waals surface area contributed by atoms with Crippen LogP contribution in [0.4, 0.5) is 0 Å². The SMILES string of the molecule is CC(NC(=O)C(CC(=O)O)NC(=O)CNC(=O)C(N)C(C)O)C(=O)O. The number of aliphatic hydroxyl groups excluding tert-OH is 1. The van der Waals surface area contributed by atoms with Gasteiger partial charge in [0, 0.05) is 0 Å². The lowest BCUT2D eigenvalue weighted by atomic mass is 10.1. The summed E-state index contributed by atoms with van der Waals surface area (Å²) < 4.78 is 0. The summed E-state index contributed by atoms with van der Waals surface area (Å²) in [4.78, 5) is 56.6. The first-order valence-corrected chi connectivity index (χ1v) is 7.21. The van der Waals surface area contributed by atoms with Crippen molar-refractivity contribution in [2.45, 2.75) is 44.5 Å². The molecular weight excluding hydrogens is 340 g/mol. The highest BCUT2D eigenvalue weighted by Gasteiger charge is 2.27. The van der Waals surface area contributed by atoms with E-state index in [2.05, 4.69) is 10.6 Å². The lowest BCUT2D eigenvalue weighted by molar-refractivity contribution is -0.143. The van der Waals surface area contributed by atoms with Gasteiger partial charge in [-0.15, -0.1) is 0 Å². The second kappa shape index (κ2) is 10.2. The smallest absolute Gasteiger partial charge is 0.325 e. The van der Waals surface area contributed by atoms with E-state index in [1.165, 1.54) is 6.92 Å². The standard InChI is InChI=1S/C13H22N4O8/c1-5(13(24)25)16-11(22)7(3-9(20)21)17-8(19)4-15-12(23)10(14)6(2)18/h5-7,10,18H,3-4,14H2,1-2H3,(H,15,23)(H,16,22)(H,17,19)(H,20,21)(H,24,25). The van der Waals surface area contributed by atoms with Crippen molar-refractivity contribution >= 4 is 29.7 Å². The zero-order valence-corrected chi connectivity index (χ0v) is 13.7. The van der Waals surface area contributed by atoms with Gasteiger partial charge in [0.05, 0.1) is 19.1 Å². The summed E-state index contributed by atoms with van der Waals surface area (Å²) in [5.41, 5.74) is 5.35. The minimum absolute atomic E-state index is 0.614. The number of nitrogens with one attached hydrogen (secondary N) is 3. The molecule has 0 heterocycles. The molecule has 0 spiro atoms. The molecule has 0 radical (unpaired) electrons. The Balaban J connectivity index is 4.72. The molecule has 0 saturated heterocycles. The first-order valence-electron chi connectivity index (χ1n) is 7.21. The minimum Gasteiger partial charge on any atom is -0.481 e. The van der Waals surface area contributed by atoms with E-state index in [1.54, 1.807) is 0 Å². The Morgan fingerprint density at radius 1 is 1.00 bits per heavy atom. The highest BCUT2D eigenvalue weighted by molar-refractivity contribution is 5.94. The van der Waals surface area contributed by atoms with Crippen molar-refractivity contribution < 1.29 is 39.3 Å². The van der Waals surface area contributed by atoms with Crippen molar-refractivity contribution in [1.29, 1.82) is 0 Å². The van der Waals surface area contributed by atoms with Gasteiger partial charge in [0.15, 0.2) is 0 Å². The van der Waals surface area contributed by atoms with Crippen molar-refractivity contribution in [1.82, 2.24) is 16.0 Å². The number of aliphatic carboxylic acids is 2. The minimum atomic E-state index is -1.53. The Morgan fingerprint density at radius 2 is 1.56 bits per heavy atom. The van der Waals surface area contributed by atoms with Gasteiger partial charge in [0.1, 0.15) is 18.1 Å². The largest absolute Gasteiger partial charge is 0.481 e. The molecule has 4 unspecified atom stereocenters. The number of carboxylic acids is 2. The van der Waals surface area contributed by atoms with E-state index in [9.17, 15) is 24.0 Å². The summed E-state index contributed by atoms with van der Waals surface area (Å²) in [6.07, 6.45) is -1.93. The molecule has 0 aliphatic rings. The van der Waals surface area contributed by atoms with E-state index in [0.717, 1.165) is 6.92 Å². The number of rotatable bonds is 10. The van der Waals surface area contributed by atoms with E-state index >= 15 is 0 Å². The van der Waals surface area contributed by atoms with Crippen LogP contribution in [-0.2, 0) is 24.0 Å². The Labute approximate surface area is 142 Å². The number of amides is 3. The Bertz CT molecular complexity index is 536. The molecule has 0 bridgehead atoms. The zero-order chi connectivity index (χ0) is 19.7. The quantitative estimate of drug-likeness (QED) is 0.204. The van der Waals surface area contributed by atoms with Crippen molar-refractivity contribution in [2.24, 2.45) is 5.73 Å². The van der Waals surface area contributed by atoms with Gasteiger partial charge in [0.2, 0.25) is 17.7 Å². The van der Waals surface area contributed by atoms with Crippen LogP contribution in [-0.4, -0.2) is 75.8 Å². The molecule has 12 nitrogen and oxygen atoms in total. The molecule has 0 fully saturated rings. The molecule has 3 amide bonds. The Morgan fingerprint density at radius 3 is 2.00 bits per heavy atom. The number of aliphatic hydroxyl groups is 1. The van der Waals surface area contributed by atoms with Crippen LogP contribution in [0.2, 0.25) is 0 Å². The third-order valence-electron chi connectivity index (χ3n) is 3.01. The predicted molar refractivity (Wildman–Crippen MR) is 82.1 cm³/mol. The van der Waals surface area contributed by atoms with Crippen molar-refractivity contribution in [3.63, 3.8) is 0 Å². The van der Waals surface area contributed by atoms with Crippen LogP contribution in [0.25, 0.3) is 0 Å². The van der Waals surface area contributed by atoms with E-state index in [1.807, 2.05) is 5.32 Å². The van der Waals surface area contributed by atoms with Gasteiger partial charge < -0.3 is 37.0 Å². The number of carboxylic acid groups (broad SMARTS) is 2. The zero-order valence-electron chi connectivity index (χ0n) is 13.7. The number of nitrogens with two attached hydrogens (primary N) is 1. The van der Waals surface area contributed by atoms with Crippen LogP contribution in [0, 0.1) is 0 Å². The summed E-state index contributed by atoms with van der Waals surface area (Å²) >= 11 is 0. The molecule has 0 aromatic heterocycles. The molecule has 25 heavy (non-hydrogen) atoms. The topological polar surface area (TPSA) is 208 Å². The maximum absolute atomic E-state index is 11.9. The fourth-order valence-electron chi connectivity index (χ4n) is 1.51. The summed E-state index contributed by atoms with van der Waals surface area (Å²) in [6.45, 7) is 1.83. The van der Waals surface area contributed by atoms with Crippen LogP contribution in [0.3, 0.4) is 0 Å². The van der Waals surface area contributed by atoms with Crippen molar-refractivity contribution in [2.75, 3.05) is 6.54 Å². The monoisotopic (exact) mass is 362 g/mol. The van der Waals surface area contributed by atoms with Crippen molar-refractivity contribution in [3.8, 4) is 0 Å². The molecule has 0 saturated carbocycles. The number of hydrogen-bond donors (Lipinski definition) is 7. The van der Waals surface area contributed by atoms with Gasteiger partial charge in [-0.25, -0.2) is 0 Å². The lowest BCUT2D eigenvalue weighted by Crippen LogP contribution is -2.54. The van der Waals surface area contributed by atoms with Crippen LogP contribution in [0.1, 0.15) is 20.3 Å². The van der Waals surface area contributed by atoms with Crippen LogP contribution < -0.4 is 21.7 Å². The fourth-order valence-corrected chi connectivity index (χ4v) is 1.51. The Kier molecular flexibility index (Phi) is 9.09. The van der Waals surface area contributed by atoms with Crippen LogP contribution in [0.15, 0.2) is 0 Å². The molecular formula is C13H22N4O8. The first kappa shape index (κ1) is 22.3. The first-order chi connectivity index (χ1) is 11.5. The predicted octanol–water partition coefficient (Wildman–Crippen LogP) is -3.64. The molecule has 0 aromatic carbocycles. The van der Waals surface area contributed by atoms with Crippen LogP contribution >= 0.6 is 0 Å². The number of carbonyl (C=O) groups excluding carboxylic acids is 3. The third-order valence-corrected chi connectivity index (χ3v) is 3.01. The second-order valence-electron chi connectivity index (χ2n) is 5.27. The van der Waals surface area contributed by atoms with E-state index in [-0.39, 0.29) is 0 Å². The molecule has 0 rings (SSSR count). The van der Waals surface area contributed by atoms with E-state index < -0.39 is 66.9 Å². The van der Waals surface area contributed by atoms with E-state index in [0.29, 0.717) is 0 Å². The maximum atomic E-state index is 11.9. The normalized spacial score (nSPS) is 15.2. The maximum Gasteiger partial charge on any atom is 0.325 e. The second-order valence-corrected chi connectivity index (χ2v) is 5.27. The molecule has 4 atom stereocenters.